The minimum absolute atomic E-state index is 0.187. The second-order valence-electron chi connectivity index (χ2n) is 7.06. The van der Waals surface area contributed by atoms with Crippen molar-refractivity contribution < 1.29 is 31.1 Å². The number of hydrogen-bond acceptors (Lipinski definition) is 4. The zero-order valence-corrected chi connectivity index (χ0v) is 15.8. The lowest BCUT2D eigenvalue weighted by Gasteiger charge is -2.12. The molecule has 0 aliphatic heterocycles. The monoisotopic (exact) mass is 444 g/mol. The highest BCUT2D eigenvalue weighted by atomic mass is 19.4. The number of nitrogens with zero attached hydrogens (tertiary/aromatic N) is 5. The maximum atomic E-state index is 12.9. The van der Waals surface area contributed by atoms with Crippen molar-refractivity contribution >= 4 is 5.91 Å². The Labute approximate surface area is 170 Å². The van der Waals surface area contributed by atoms with E-state index < -0.39 is 35.7 Å². The molecule has 1 aliphatic carbocycles. The van der Waals surface area contributed by atoms with E-state index in [1.807, 2.05) is 0 Å². The summed E-state index contributed by atoms with van der Waals surface area (Å²) in [6.07, 6.45) is -6.03. The van der Waals surface area contributed by atoms with E-state index in [0.717, 1.165) is 22.5 Å². The summed E-state index contributed by atoms with van der Waals surface area (Å²) in [6, 6.07) is 2.53. The Morgan fingerprint density at radius 1 is 1.06 bits per heavy atom. The van der Waals surface area contributed by atoms with Gasteiger partial charge in [0.2, 0.25) is 0 Å². The molecule has 7 nitrogen and oxygen atoms in total. The summed E-state index contributed by atoms with van der Waals surface area (Å²) in [7, 11) is 1.24. The molecule has 4 rings (SSSR count). The normalized spacial score (nSPS) is 16.4. The minimum Gasteiger partial charge on any atom is -0.347 e. The van der Waals surface area contributed by atoms with Crippen molar-refractivity contribution in [2.24, 2.45) is 7.05 Å². The Morgan fingerprint density at radius 3 is 2.39 bits per heavy atom. The van der Waals surface area contributed by atoms with E-state index in [1.54, 1.807) is 6.20 Å². The number of aromatic nitrogens is 5. The SMILES string of the molecule is Cn1nc(C(F)(F)F)cc1C(=O)NC1Cc2cn(-c3ccnc(C(F)(F)F)c3)nc2C1. The van der Waals surface area contributed by atoms with Gasteiger partial charge in [-0.25, -0.2) is 4.68 Å². The fourth-order valence-corrected chi connectivity index (χ4v) is 3.39. The number of pyridine rings is 1. The fraction of sp³-hybridized carbons (Fsp3) is 0.333. The highest BCUT2D eigenvalue weighted by Crippen LogP contribution is 2.30. The number of rotatable bonds is 3. The highest BCUT2D eigenvalue weighted by Gasteiger charge is 2.36. The molecule has 0 radical (unpaired) electrons. The van der Waals surface area contributed by atoms with Gasteiger partial charge >= 0.3 is 12.4 Å². The van der Waals surface area contributed by atoms with Crippen LogP contribution in [0.25, 0.3) is 5.69 Å². The van der Waals surface area contributed by atoms with Gasteiger partial charge in [-0.1, -0.05) is 0 Å². The van der Waals surface area contributed by atoms with Gasteiger partial charge in [0, 0.05) is 38.0 Å². The number of alkyl halides is 6. The van der Waals surface area contributed by atoms with Crippen molar-refractivity contribution in [3.8, 4) is 5.69 Å². The van der Waals surface area contributed by atoms with Crippen molar-refractivity contribution in [3.05, 3.63) is 58.9 Å². The summed E-state index contributed by atoms with van der Waals surface area (Å²) in [5.41, 5.74) is -0.958. The molecule has 0 spiro atoms. The van der Waals surface area contributed by atoms with Crippen LogP contribution in [0.5, 0.6) is 0 Å². The molecule has 0 fully saturated rings. The van der Waals surface area contributed by atoms with E-state index >= 15 is 0 Å². The highest BCUT2D eigenvalue weighted by molar-refractivity contribution is 5.93. The Balaban J connectivity index is 1.46. The standard InChI is InChI=1S/C18H14F6N6O/c1-29-13(7-15(28-29)18(22,23)24)16(31)26-10-4-9-8-30(27-12(9)5-10)11-2-3-25-14(6-11)17(19,20)21/h2-3,6-8,10H,4-5H2,1H3,(H,26,31). The summed E-state index contributed by atoms with van der Waals surface area (Å²) >= 11 is 0. The maximum Gasteiger partial charge on any atom is 0.435 e. The van der Waals surface area contributed by atoms with Crippen LogP contribution in [0.4, 0.5) is 26.3 Å². The molecule has 0 aromatic carbocycles. The lowest BCUT2D eigenvalue weighted by Crippen LogP contribution is -2.36. The lowest BCUT2D eigenvalue weighted by atomic mass is 10.2. The van der Waals surface area contributed by atoms with Crippen LogP contribution in [0, 0.1) is 0 Å². The Kier molecular flexibility index (Phi) is 4.78. The second kappa shape index (κ2) is 7.10. The van der Waals surface area contributed by atoms with Crippen molar-refractivity contribution in [1.29, 1.82) is 0 Å². The van der Waals surface area contributed by atoms with E-state index in [2.05, 4.69) is 20.5 Å². The zero-order chi connectivity index (χ0) is 22.6. The molecule has 1 atom stereocenters. The summed E-state index contributed by atoms with van der Waals surface area (Å²) in [4.78, 5) is 15.7. The maximum absolute atomic E-state index is 12.9. The van der Waals surface area contributed by atoms with Gasteiger partial charge in [0.1, 0.15) is 11.4 Å². The van der Waals surface area contributed by atoms with Crippen LogP contribution >= 0.6 is 0 Å². The first-order valence-corrected chi connectivity index (χ1v) is 8.95. The van der Waals surface area contributed by atoms with Gasteiger partial charge in [0.05, 0.1) is 11.4 Å². The zero-order valence-electron chi connectivity index (χ0n) is 15.8. The van der Waals surface area contributed by atoms with Crippen molar-refractivity contribution in [2.45, 2.75) is 31.2 Å². The summed E-state index contributed by atoms with van der Waals surface area (Å²) in [5.74, 6) is -0.711. The van der Waals surface area contributed by atoms with Gasteiger partial charge in [-0.2, -0.15) is 36.5 Å². The van der Waals surface area contributed by atoms with Gasteiger partial charge in [-0.3, -0.25) is 14.5 Å². The predicted molar refractivity (Wildman–Crippen MR) is 93.2 cm³/mol. The number of halogens is 6. The molecule has 1 amide bonds. The van der Waals surface area contributed by atoms with Gasteiger partial charge < -0.3 is 5.32 Å². The molecule has 13 heteroatoms. The van der Waals surface area contributed by atoms with Crippen molar-refractivity contribution in [1.82, 2.24) is 29.9 Å². The first kappa shape index (κ1) is 20.9. The fourth-order valence-electron chi connectivity index (χ4n) is 3.39. The predicted octanol–water partition coefficient (Wildman–Crippen LogP) is 2.94. The molecular formula is C18H14F6N6O. The molecule has 1 N–H and O–H groups in total. The van der Waals surface area contributed by atoms with Crippen LogP contribution in [0.1, 0.15) is 33.1 Å². The lowest BCUT2D eigenvalue weighted by molar-refractivity contribution is -0.142. The molecule has 0 bridgehead atoms. The molecule has 0 saturated heterocycles. The number of carbonyl (C=O) groups is 1. The van der Waals surface area contributed by atoms with Crippen molar-refractivity contribution in [2.75, 3.05) is 0 Å². The third-order valence-electron chi connectivity index (χ3n) is 4.82. The summed E-state index contributed by atoms with van der Waals surface area (Å²) < 4.78 is 79.0. The molecule has 3 heterocycles. The third kappa shape index (κ3) is 4.11. The van der Waals surface area contributed by atoms with E-state index in [1.165, 1.54) is 17.8 Å². The number of carbonyl (C=O) groups excluding carboxylic acids is 1. The number of hydrogen-bond donors (Lipinski definition) is 1. The summed E-state index contributed by atoms with van der Waals surface area (Å²) in [5, 5.41) is 10.2. The molecule has 31 heavy (non-hydrogen) atoms. The van der Waals surface area contributed by atoms with E-state index in [4.69, 9.17) is 0 Å². The number of aryl methyl sites for hydroxylation is 1. The number of fused-ring (bicyclic) bond motifs is 1. The topological polar surface area (TPSA) is 77.6 Å². The molecular weight excluding hydrogens is 430 g/mol. The van der Waals surface area contributed by atoms with Crippen LogP contribution < -0.4 is 5.32 Å². The number of nitrogens with one attached hydrogen (secondary N) is 1. The molecule has 3 aromatic rings. The van der Waals surface area contributed by atoms with E-state index in [9.17, 15) is 31.1 Å². The quantitative estimate of drug-likeness (QED) is 0.631. The van der Waals surface area contributed by atoms with Gasteiger partial charge in [-0.05, 0) is 24.1 Å². The Hall–Kier alpha value is -3.38. The number of amides is 1. The summed E-state index contributed by atoms with van der Waals surface area (Å²) in [6.45, 7) is 0. The van der Waals surface area contributed by atoms with Crippen molar-refractivity contribution in [3.63, 3.8) is 0 Å². The molecule has 1 aliphatic rings. The van der Waals surface area contributed by atoms with E-state index in [-0.39, 0.29) is 17.8 Å². The minimum atomic E-state index is -4.66. The second-order valence-corrected chi connectivity index (χ2v) is 7.06. The average Bonchev–Trinajstić information content (AvgIpc) is 3.33. The van der Waals surface area contributed by atoms with Crippen LogP contribution in [-0.4, -0.2) is 36.5 Å². The molecule has 0 saturated carbocycles. The Morgan fingerprint density at radius 2 is 1.77 bits per heavy atom. The van der Waals surface area contributed by atoms with Crippen LogP contribution in [0.3, 0.4) is 0 Å². The Bertz CT molecular complexity index is 1120. The molecule has 3 aromatic heterocycles. The van der Waals surface area contributed by atoms with Gasteiger partial charge in [-0.15, -0.1) is 0 Å². The van der Waals surface area contributed by atoms with Gasteiger partial charge in [0.25, 0.3) is 5.91 Å². The smallest absolute Gasteiger partial charge is 0.347 e. The van der Waals surface area contributed by atoms with Crippen LogP contribution in [0.2, 0.25) is 0 Å². The average molecular weight is 444 g/mol. The largest absolute Gasteiger partial charge is 0.435 e. The van der Waals surface area contributed by atoms with Gasteiger partial charge in [0.15, 0.2) is 5.69 Å². The van der Waals surface area contributed by atoms with Crippen LogP contribution in [-0.2, 0) is 32.2 Å². The first-order valence-electron chi connectivity index (χ1n) is 8.95. The van der Waals surface area contributed by atoms with Crippen LogP contribution in [0.15, 0.2) is 30.6 Å². The third-order valence-corrected chi connectivity index (χ3v) is 4.82. The van der Waals surface area contributed by atoms with E-state index in [0.29, 0.717) is 18.2 Å². The first-order chi connectivity index (χ1) is 14.4. The molecule has 164 valence electrons. The molecule has 1 unspecified atom stereocenters.